The lowest BCUT2D eigenvalue weighted by Crippen LogP contribution is -2.28. The van der Waals surface area contributed by atoms with E-state index in [9.17, 15) is 14.5 Å². The van der Waals surface area contributed by atoms with Crippen LogP contribution in [-0.2, 0) is 0 Å². The smallest absolute Gasteiger partial charge is 0.295 e. The summed E-state index contributed by atoms with van der Waals surface area (Å²) in [5.41, 5.74) is 6.26. The predicted molar refractivity (Wildman–Crippen MR) is 81.4 cm³/mol. The number of halogens is 1. The highest BCUT2D eigenvalue weighted by atomic mass is 19.1. The molecule has 0 spiro atoms. The van der Waals surface area contributed by atoms with E-state index in [0.29, 0.717) is 18.5 Å². The van der Waals surface area contributed by atoms with Gasteiger partial charge in [0.25, 0.3) is 5.69 Å². The molecule has 2 atom stereocenters. The van der Waals surface area contributed by atoms with Gasteiger partial charge >= 0.3 is 0 Å². The molecule has 0 bridgehead atoms. The number of hydrazine groups is 1. The van der Waals surface area contributed by atoms with Crippen LogP contribution in [0.2, 0.25) is 0 Å². The summed E-state index contributed by atoms with van der Waals surface area (Å²) in [4.78, 5) is 10.4. The molecular formula is C14H21FN4O3. The molecule has 22 heavy (non-hydrogen) atoms. The number of hydrogen-bond donors (Lipinski definition) is 3. The van der Waals surface area contributed by atoms with E-state index in [0.717, 1.165) is 25.5 Å². The molecule has 3 N–H and O–H groups in total. The van der Waals surface area contributed by atoms with E-state index < -0.39 is 10.7 Å². The number of methoxy groups -OCH3 is 1. The molecule has 0 saturated carbocycles. The van der Waals surface area contributed by atoms with E-state index in [1.165, 1.54) is 13.2 Å². The molecule has 1 aromatic carbocycles. The monoisotopic (exact) mass is 312 g/mol. The third-order valence-electron chi connectivity index (χ3n) is 3.94. The third-order valence-corrected chi connectivity index (χ3v) is 3.94. The van der Waals surface area contributed by atoms with Crippen molar-refractivity contribution < 1.29 is 14.1 Å². The summed E-state index contributed by atoms with van der Waals surface area (Å²) in [5.74, 6) is -0.206. The predicted octanol–water partition coefficient (Wildman–Crippen LogP) is 2.05. The number of nitrogens with one attached hydrogen (secondary N) is 3. The first-order chi connectivity index (χ1) is 10.5. The van der Waals surface area contributed by atoms with Crippen LogP contribution in [0.1, 0.15) is 19.8 Å². The second kappa shape index (κ2) is 7.37. The molecule has 2 rings (SSSR count). The van der Waals surface area contributed by atoms with Crippen molar-refractivity contribution in [2.24, 2.45) is 5.92 Å². The Morgan fingerprint density at radius 1 is 1.55 bits per heavy atom. The van der Waals surface area contributed by atoms with Crippen molar-refractivity contribution in [3.05, 3.63) is 28.1 Å². The van der Waals surface area contributed by atoms with Gasteiger partial charge in [0.1, 0.15) is 5.69 Å². The molecule has 0 radical (unpaired) electrons. The topological polar surface area (TPSA) is 88.5 Å². The van der Waals surface area contributed by atoms with Crippen LogP contribution in [0.5, 0.6) is 5.75 Å². The summed E-state index contributed by atoms with van der Waals surface area (Å²) in [6, 6.07) is 2.63. The molecule has 1 aliphatic heterocycles. The van der Waals surface area contributed by atoms with Gasteiger partial charge in [0.15, 0.2) is 11.6 Å². The Kier molecular flexibility index (Phi) is 5.51. The maximum absolute atomic E-state index is 13.6. The highest BCUT2D eigenvalue weighted by Gasteiger charge is 2.22. The summed E-state index contributed by atoms with van der Waals surface area (Å²) < 4.78 is 18.4. The van der Waals surface area contributed by atoms with E-state index >= 15 is 0 Å². The van der Waals surface area contributed by atoms with Crippen LogP contribution in [0.25, 0.3) is 0 Å². The highest BCUT2D eigenvalue weighted by molar-refractivity contribution is 5.64. The lowest BCUT2D eigenvalue weighted by atomic mass is 9.98. The summed E-state index contributed by atoms with van der Waals surface area (Å²) in [7, 11) is 1.33. The van der Waals surface area contributed by atoms with Crippen molar-refractivity contribution in [1.82, 2.24) is 10.9 Å². The minimum absolute atomic E-state index is 0.00841. The molecule has 1 aromatic rings. The van der Waals surface area contributed by atoms with Crippen LogP contribution < -0.4 is 20.9 Å². The minimum atomic E-state index is -0.739. The molecule has 1 aliphatic rings. The lowest BCUT2D eigenvalue weighted by molar-refractivity contribution is -0.384. The largest absolute Gasteiger partial charge is 0.494 e. The lowest BCUT2D eigenvalue weighted by Gasteiger charge is -2.14. The molecule has 7 nitrogen and oxygen atoms in total. The van der Waals surface area contributed by atoms with E-state index in [4.69, 9.17) is 4.74 Å². The average molecular weight is 312 g/mol. The standard InChI is InChI=1S/C14H21FN4O3/c1-9-10(8-17-18-9)4-3-5-16-12-7-14(22-2)11(15)6-13(12)19(20)21/h6-7,9-10,16-18H,3-5,8H2,1-2H3. The molecule has 0 aliphatic carbocycles. The second-order valence-corrected chi connectivity index (χ2v) is 5.40. The van der Waals surface area contributed by atoms with E-state index in [-0.39, 0.29) is 17.1 Å². The Hall–Kier alpha value is -1.93. The Morgan fingerprint density at radius 3 is 2.91 bits per heavy atom. The zero-order valence-electron chi connectivity index (χ0n) is 12.7. The Morgan fingerprint density at radius 2 is 2.32 bits per heavy atom. The van der Waals surface area contributed by atoms with Crippen LogP contribution >= 0.6 is 0 Å². The quantitative estimate of drug-likeness (QED) is 0.406. The first-order valence-corrected chi connectivity index (χ1v) is 7.27. The van der Waals surface area contributed by atoms with Gasteiger partial charge in [0.2, 0.25) is 0 Å². The zero-order chi connectivity index (χ0) is 16.1. The SMILES string of the molecule is COc1cc(NCCCC2CNNC2C)c([N+](=O)[O-])cc1F. The molecule has 122 valence electrons. The Balaban J connectivity index is 1.94. The summed E-state index contributed by atoms with van der Waals surface area (Å²) in [6.07, 6.45) is 1.87. The van der Waals surface area contributed by atoms with Gasteiger partial charge in [-0.2, -0.15) is 0 Å². The van der Waals surface area contributed by atoms with Crippen molar-refractivity contribution in [2.75, 3.05) is 25.5 Å². The van der Waals surface area contributed by atoms with Crippen LogP contribution in [0.3, 0.4) is 0 Å². The van der Waals surface area contributed by atoms with E-state index in [1.54, 1.807) is 0 Å². The average Bonchev–Trinajstić information content (AvgIpc) is 2.89. The van der Waals surface area contributed by atoms with Crippen molar-refractivity contribution in [3.8, 4) is 5.75 Å². The van der Waals surface area contributed by atoms with Gasteiger partial charge in [-0.3, -0.25) is 21.0 Å². The number of nitrogens with zero attached hydrogens (tertiary/aromatic N) is 1. The molecule has 8 heteroatoms. The maximum Gasteiger partial charge on any atom is 0.295 e. The van der Waals surface area contributed by atoms with Gasteiger partial charge in [-0.25, -0.2) is 4.39 Å². The Bertz CT molecular complexity index is 541. The summed E-state index contributed by atoms with van der Waals surface area (Å²) in [6.45, 7) is 3.62. The fourth-order valence-electron chi connectivity index (χ4n) is 2.58. The van der Waals surface area contributed by atoms with Crippen molar-refractivity contribution in [3.63, 3.8) is 0 Å². The highest BCUT2D eigenvalue weighted by Crippen LogP contribution is 2.31. The molecule has 1 saturated heterocycles. The van der Waals surface area contributed by atoms with Gasteiger partial charge in [-0.1, -0.05) is 0 Å². The zero-order valence-corrected chi connectivity index (χ0v) is 12.7. The normalized spacial score (nSPS) is 20.9. The first-order valence-electron chi connectivity index (χ1n) is 7.27. The molecule has 1 heterocycles. The molecular weight excluding hydrogens is 291 g/mol. The number of ether oxygens (including phenoxy) is 1. The Labute approximate surface area is 128 Å². The first kappa shape index (κ1) is 16.4. The number of nitro groups is 1. The van der Waals surface area contributed by atoms with Crippen LogP contribution in [0.15, 0.2) is 12.1 Å². The number of nitro benzene ring substituents is 1. The molecule has 1 fully saturated rings. The van der Waals surface area contributed by atoms with Gasteiger partial charge in [0, 0.05) is 25.2 Å². The van der Waals surface area contributed by atoms with Crippen LogP contribution in [-0.4, -0.2) is 31.2 Å². The fraction of sp³-hybridized carbons (Fsp3) is 0.571. The third kappa shape index (κ3) is 3.83. The molecule has 0 amide bonds. The van der Waals surface area contributed by atoms with Crippen LogP contribution in [0, 0.1) is 21.8 Å². The number of anilines is 1. The second-order valence-electron chi connectivity index (χ2n) is 5.40. The van der Waals surface area contributed by atoms with Crippen molar-refractivity contribution >= 4 is 11.4 Å². The van der Waals surface area contributed by atoms with Gasteiger partial charge < -0.3 is 10.1 Å². The summed E-state index contributed by atoms with van der Waals surface area (Å²) >= 11 is 0. The maximum atomic E-state index is 13.6. The van der Waals surface area contributed by atoms with E-state index in [2.05, 4.69) is 23.1 Å². The minimum Gasteiger partial charge on any atom is -0.494 e. The summed E-state index contributed by atoms with van der Waals surface area (Å²) in [5, 5.41) is 14.0. The fourth-order valence-corrected chi connectivity index (χ4v) is 2.58. The molecule has 2 unspecified atom stereocenters. The number of hydrogen-bond acceptors (Lipinski definition) is 6. The number of rotatable bonds is 7. The van der Waals surface area contributed by atoms with Gasteiger partial charge in [-0.05, 0) is 25.7 Å². The number of benzene rings is 1. The van der Waals surface area contributed by atoms with Crippen molar-refractivity contribution in [2.45, 2.75) is 25.8 Å². The van der Waals surface area contributed by atoms with Crippen molar-refractivity contribution in [1.29, 1.82) is 0 Å². The molecule has 0 aromatic heterocycles. The van der Waals surface area contributed by atoms with E-state index in [1.807, 2.05) is 0 Å². The van der Waals surface area contributed by atoms with Gasteiger partial charge in [-0.15, -0.1) is 0 Å². The van der Waals surface area contributed by atoms with Crippen LogP contribution in [0.4, 0.5) is 15.8 Å². The van der Waals surface area contributed by atoms with Gasteiger partial charge in [0.05, 0.1) is 18.1 Å².